The van der Waals surface area contributed by atoms with E-state index in [4.69, 9.17) is 11.6 Å². The second-order valence-corrected chi connectivity index (χ2v) is 5.82. The third kappa shape index (κ3) is 4.03. The summed E-state index contributed by atoms with van der Waals surface area (Å²) in [7, 11) is 0. The lowest BCUT2D eigenvalue weighted by atomic mass is 10.1. The molecule has 1 atom stereocenters. The fourth-order valence-electron chi connectivity index (χ4n) is 1.92. The number of thiophene rings is 1. The van der Waals surface area contributed by atoms with Crippen molar-refractivity contribution in [1.82, 2.24) is 5.32 Å². The Morgan fingerprint density at radius 1 is 1.48 bits per heavy atom. The molecule has 1 amide bonds. The molecule has 0 spiro atoms. The second-order valence-electron chi connectivity index (χ2n) is 4.63. The fourth-order valence-corrected chi connectivity index (χ4v) is 2.80. The molecule has 0 bridgehead atoms. The molecule has 1 N–H and O–H groups in total. The quantitative estimate of drug-likeness (QED) is 0.673. The first-order valence-corrected chi connectivity index (χ1v) is 7.55. The topological polar surface area (TPSA) is 72.2 Å². The highest BCUT2D eigenvalue weighted by molar-refractivity contribution is 7.07. The summed E-state index contributed by atoms with van der Waals surface area (Å²) in [5.74, 6) is -0.411. The van der Waals surface area contributed by atoms with E-state index < -0.39 is 10.8 Å². The first kappa shape index (κ1) is 15.5. The van der Waals surface area contributed by atoms with Crippen LogP contribution in [0, 0.1) is 10.1 Å². The lowest BCUT2D eigenvalue weighted by Gasteiger charge is -2.13. The zero-order valence-electron chi connectivity index (χ0n) is 11.2. The molecule has 7 heteroatoms. The molecule has 1 unspecified atom stereocenters. The zero-order valence-corrected chi connectivity index (χ0v) is 12.8. The van der Waals surface area contributed by atoms with Crippen LogP contribution in [0.15, 0.2) is 35.0 Å². The van der Waals surface area contributed by atoms with Crippen molar-refractivity contribution in [1.29, 1.82) is 0 Å². The highest BCUT2D eigenvalue weighted by atomic mass is 35.5. The number of hydrogen-bond acceptors (Lipinski definition) is 4. The van der Waals surface area contributed by atoms with Gasteiger partial charge in [-0.15, -0.1) is 0 Å². The van der Waals surface area contributed by atoms with Crippen LogP contribution in [0.1, 0.15) is 22.8 Å². The van der Waals surface area contributed by atoms with Crippen molar-refractivity contribution in [3.63, 3.8) is 0 Å². The lowest BCUT2D eigenvalue weighted by molar-refractivity contribution is -0.384. The summed E-state index contributed by atoms with van der Waals surface area (Å²) in [5.41, 5.74) is 1.09. The molecule has 5 nitrogen and oxygen atoms in total. The molecule has 1 heterocycles. The van der Waals surface area contributed by atoms with Crippen LogP contribution in [0.5, 0.6) is 0 Å². The van der Waals surface area contributed by atoms with Crippen LogP contribution in [0.4, 0.5) is 5.69 Å². The van der Waals surface area contributed by atoms with Gasteiger partial charge in [-0.05, 0) is 41.8 Å². The van der Waals surface area contributed by atoms with E-state index >= 15 is 0 Å². The van der Waals surface area contributed by atoms with Crippen LogP contribution in [0.3, 0.4) is 0 Å². The largest absolute Gasteiger partial charge is 0.349 e. The summed E-state index contributed by atoms with van der Waals surface area (Å²) >= 11 is 7.54. The number of carbonyl (C=O) groups is 1. The molecule has 2 rings (SSSR count). The first-order chi connectivity index (χ1) is 9.97. The molecule has 1 aromatic heterocycles. The molecule has 110 valence electrons. The van der Waals surface area contributed by atoms with Gasteiger partial charge in [-0.3, -0.25) is 14.9 Å². The summed E-state index contributed by atoms with van der Waals surface area (Å²) in [4.78, 5) is 22.4. The molecule has 2 aromatic rings. The van der Waals surface area contributed by atoms with Crippen molar-refractivity contribution in [2.24, 2.45) is 0 Å². The van der Waals surface area contributed by atoms with Crippen LogP contribution in [-0.4, -0.2) is 16.9 Å². The second kappa shape index (κ2) is 6.69. The zero-order chi connectivity index (χ0) is 15.4. The van der Waals surface area contributed by atoms with Crippen molar-refractivity contribution in [3.05, 3.63) is 61.3 Å². The van der Waals surface area contributed by atoms with E-state index in [1.54, 1.807) is 11.3 Å². The lowest BCUT2D eigenvalue weighted by Crippen LogP contribution is -2.34. The molecule has 0 aliphatic rings. The number of carbonyl (C=O) groups excluding carboxylic acids is 1. The molecule has 0 aliphatic carbocycles. The van der Waals surface area contributed by atoms with E-state index in [0.717, 1.165) is 5.56 Å². The standard InChI is InChI=1S/C14H13ClN2O3S/c1-9(6-10-4-5-21-8-10)16-14(18)12-7-11(17(19)20)2-3-13(12)15/h2-5,7-9H,6H2,1H3,(H,16,18). The van der Waals surface area contributed by atoms with Crippen LogP contribution < -0.4 is 5.32 Å². The van der Waals surface area contributed by atoms with Gasteiger partial charge in [0.2, 0.25) is 0 Å². The Kier molecular flexibility index (Phi) is 4.93. The molecule has 0 aliphatic heterocycles. The van der Waals surface area contributed by atoms with Gasteiger partial charge >= 0.3 is 0 Å². The van der Waals surface area contributed by atoms with Gasteiger partial charge in [0, 0.05) is 18.2 Å². The van der Waals surface area contributed by atoms with E-state index in [2.05, 4.69) is 5.32 Å². The minimum atomic E-state index is -0.554. The van der Waals surface area contributed by atoms with E-state index in [-0.39, 0.29) is 22.3 Å². The number of amides is 1. The normalized spacial score (nSPS) is 11.9. The molecule has 0 fully saturated rings. The molecule has 0 saturated carbocycles. The maximum atomic E-state index is 12.2. The molecular weight excluding hydrogens is 312 g/mol. The van der Waals surface area contributed by atoms with E-state index in [1.807, 2.05) is 23.8 Å². The molecule has 0 saturated heterocycles. The number of nitro groups is 1. The van der Waals surface area contributed by atoms with Gasteiger partial charge < -0.3 is 5.32 Å². The molecule has 0 radical (unpaired) electrons. The highest BCUT2D eigenvalue weighted by Crippen LogP contribution is 2.22. The maximum absolute atomic E-state index is 12.2. The summed E-state index contributed by atoms with van der Waals surface area (Å²) < 4.78 is 0. The SMILES string of the molecule is CC(Cc1ccsc1)NC(=O)c1cc([N+](=O)[O-])ccc1Cl. The van der Waals surface area contributed by atoms with Gasteiger partial charge in [-0.25, -0.2) is 0 Å². The average Bonchev–Trinajstić information content (AvgIpc) is 2.91. The van der Waals surface area contributed by atoms with Gasteiger partial charge in [-0.1, -0.05) is 11.6 Å². The Bertz CT molecular complexity index is 658. The number of nitrogens with zero attached hydrogens (tertiary/aromatic N) is 1. The van der Waals surface area contributed by atoms with Crippen molar-refractivity contribution in [2.45, 2.75) is 19.4 Å². The van der Waals surface area contributed by atoms with Gasteiger partial charge in [-0.2, -0.15) is 11.3 Å². The van der Waals surface area contributed by atoms with Gasteiger partial charge in [0.05, 0.1) is 15.5 Å². The molecule has 1 aromatic carbocycles. The number of benzene rings is 1. The molecular formula is C14H13ClN2O3S. The third-order valence-corrected chi connectivity index (χ3v) is 3.97. The van der Waals surface area contributed by atoms with Crippen molar-refractivity contribution < 1.29 is 9.72 Å². The fraction of sp³-hybridized carbons (Fsp3) is 0.214. The number of nitrogens with one attached hydrogen (secondary N) is 1. The summed E-state index contributed by atoms with van der Waals surface area (Å²) in [6.07, 6.45) is 0.696. The monoisotopic (exact) mass is 324 g/mol. The predicted octanol–water partition coefficient (Wildman–Crippen LogP) is 3.67. The Labute approximate surface area is 130 Å². The Morgan fingerprint density at radius 3 is 2.86 bits per heavy atom. The Morgan fingerprint density at radius 2 is 2.24 bits per heavy atom. The summed E-state index contributed by atoms with van der Waals surface area (Å²) in [6, 6.07) is 5.72. The molecule has 21 heavy (non-hydrogen) atoms. The van der Waals surface area contributed by atoms with Gasteiger partial charge in [0.15, 0.2) is 0 Å². The predicted molar refractivity (Wildman–Crippen MR) is 83.1 cm³/mol. The van der Waals surface area contributed by atoms with Gasteiger partial charge in [0.25, 0.3) is 11.6 Å². The van der Waals surface area contributed by atoms with Crippen molar-refractivity contribution in [3.8, 4) is 0 Å². The number of hydrogen-bond donors (Lipinski definition) is 1. The van der Waals surface area contributed by atoms with Crippen molar-refractivity contribution in [2.75, 3.05) is 0 Å². The summed E-state index contributed by atoms with van der Waals surface area (Å²) in [5, 5.41) is 17.7. The maximum Gasteiger partial charge on any atom is 0.270 e. The van der Waals surface area contributed by atoms with Crippen LogP contribution in [-0.2, 0) is 6.42 Å². The third-order valence-electron chi connectivity index (χ3n) is 2.90. The minimum absolute atomic E-state index is 0.0950. The average molecular weight is 325 g/mol. The Balaban J connectivity index is 2.09. The van der Waals surface area contributed by atoms with E-state index in [9.17, 15) is 14.9 Å². The number of halogens is 1. The number of rotatable bonds is 5. The smallest absolute Gasteiger partial charge is 0.270 e. The van der Waals surface area contributed by atoms with Crippen molar-refractivity contribution >= 4 is 34.5 Å². The van der Waals surface area contributed by atoms with E-state index in [1.165, 1.54) is 18.2 Å². The van der Waals surface area contributed by atoms with Gasteiger partial charge in [0.1, 0.15) is 0 Å². The Hall–Kier alpha value is -1.92. The highest BCUT2D eigenvalue weighted by Gasteiger charge is 2.17. The minimum Gasteiger partial charge on any atom is -0.349 e. The van der Waals surface area contributed by atoms with Crippen LogP contribution in [0.25, 0.3) is 0 Å². The van der Waals surface area contributed by atoms with Crippen LogP contribution >= 0.6 is 22.9 Å². The summed E-state index contributed by atoms with van der Waals surface area (Å²) in [6.45, 7) is 1.88. The van der Waals surface area contributed by atoms with E-state index in [0.29, 0.717) is 6.42 Å². The number of nitro benzene ring substituents is 1. The number of non-ortho nitro benzene ring substituents is 1. The van der Waals surface area contributed by atoms with Crippen LogP contribution in [0.2, 0.25) is 5.02 Å². The first-order valence-electron chi connectivity index (χ1n) is 6.23.